The molecule has 0 bridgehead atoms. The zero-order valence-corrected chi connectivity index (χ0v) is 18.6. The van der Waals surface area contributed by atoms with Crippen molar-refractivity contribution in [3.8, 4) is 0 Å². The molecule has 8 heteroatoms. The van der Waals surface area contributed by atoms with Crippen LogP contribution in [0.25, 0.3) is 0 Å². The van der Waals surface area contributed by atoms with E-state index in [1.54, 1.807) is 20.8 Å². The summed E-state index contributed by atoms with van der Waals surface area (Å²) in [6.45, 7) is 5.21. The van der Waals surface area contributed by atoms with Crippen molar-refractivity contribution in [1.82, 2.24) is 0 Å². The predicted octanol–water partition coefficient (Wildman–Crippen LogP) is 1.56. The number of fused-ring (bicyclic) bond motifs is 5. The fourth-order valence-corrected chi connectivity index (χ4v) is 7.05. The standard InChI is InChI=1S/C24H29FO7/c1-12-7-15-16-9-18(32-13(2)27)17-8-14(28)5-6-21(17,3)23(16,25)19(29)10-22(15,4)24(12,31)20(30)11-26/h5-6,8-9,12,15-16,19,26,29,31H,7,10-11H2,1-4H3/t12?,15-,16-,19?,21-,22-,23-,24-/m0/s1. The van der Waals surface area contributed by atoms with Gasteiger partial charge in [0.15, 0.2) is 17.2 Å². The Morgan fingerprint density at radius 3 is 2.56 bits per heavy atom. The average Bonchev–Trinajstić information content (AvgIpc) is 2.92. The molecule has 4 aliphatic carbocycles. The highest BCUT2D eigenvalue weighted by atomic mass is 19.1. The van der Waals surface area contributed by atoms with Gasteiger partial charge in [0.2, 0.25) is 0 Å². The number of esters is 1. The van der Waals surface area contributed by atoms with Crippen LogP contribution in [-0.2, 0) is 19.1 Å². The van der Waals surface area contributed by atoms with E-state index in [4.69, 9.17) is 4.74 Å². The first-order chi connectivity index (χ1) is 14.8. The van der Waals surface area contributed by atoms with Crippen molar-refractivity contribution in [2.75, 3.05) is 6.61 Å². The molecular weight excluding hydrogens is 419 g/mol. The van der Waals surface area contributed by atoms with Gasteiger partial charge in [-0.05, 0) is 49.8 Å². The van der Waals surface area contributed by atoms with Crippen LogP contribution in [0.2, 0.25) is 0 Å². The zero-order valence-electron chi connectivity index (χ0n) is 18.6. The molecule has 4 aliphatic rings. The number of ether oxygens (including phenoxy) is 1. The van der Waals surface area contributed by atoms with E-state index in [1.807, 2.05) is 0 Å². The van der Waals surface area contributed by atoms with Crippen molar-refractivity contribution < 1.29 is 38.8 Å². The van der Waals surface area contributed by atoms with Gasteiger partial charge >= 0.3 is 5.97 Å². The normalized spacial score (nSPS) is 47.1. The first-order valence-corrected chi connectivity index (χ1v) is 10.9. The predicted molar refractivity (Wildman–Crippen MR) is 111 cm³/mol. The topological polar surface area (TPSA) is 121 Å². The maximum absolute atomic E-state index is 17.2. The maximum atomic E-state index is 17.2. The van der Waals surface area contributed by atoms with Crippen LogP contribution in [0.3, 0.4) is 0 Å². The Morgan fingerprint density at radius 1 is 1.31 bits per heavy atom. The van der Waals surface area contributed by atoms with Crippen molar-refractivity contribution >= 4 is 17.5 Å². The molecule has 2 fully saturated rings. The number of allylic oxidation sites excluding steroid dienone is 5. The number of rotatable bonds is 3. The molecular formula is C24H29FO7. The number of carbonyl (C=O) groups is 3. The van der Waals surface area contributed by atoms with Crippen molar-refractivity contribution in [3.63, 3.8) is 0 Å². The first-order valence-electron chi connectivity index (χ1n) is 10.9. The largest absolute Gasteiger partial charge is 0.427 e. The molecule has 0 spiro atoms. The van der Waals surface area contributed by atoms with Gasteiger partial charge in [-0.1, -0.05) is 19.9 Å². The molecule has 174 valence electrons. The van der Waals surface area contributed by atoms with Crippen LogP contribution in [0, 0.1) is 28.6 Å². The highest BCUT2D eigenvalue weighted by molar-refractivity contribution is 6.02. The van der Waals surface area contributed by atoms with Crippen molar-refractivity contribution in [1.29, 1.82) is 0 Å². The smallest absolute Gasteiger partial charge is 0.308 e. The van der Waals surface area contributed by atoms with E-state index in [0.29, 0.717) is 0 Å². The van der Waals surface area contributed by atoms with Crippen LogP contribution >= 0.6 is 0 Å². The number of Topliss-reactive ketones (excluding diaryl/α,β-unsaturated/α-hetero) is 1. The number of hydrogen-bond donors (Lipinski definition) is 3. The summed E-state index contributed by atoms with van der Waals surface area (Å²) in [7, 11) is 0. The van der Waals surface area contributed by atoms with E-state index < -0.39 is 64.3 Å². The molecule has 0 aromatic heterocycles. The molecule has 0 aliphatic heterocycles. The SMILES string of the molecule is CC(=O)OC1=C[C@H]2[C@@H]3CC(C)[C@](O)(C(=O)CO)[C@@]3(C)CC(O)[C@]2(F)[C@@]2(C)C=CC(=O)C=C12. The molecule has 0 amide bonds. The van der Waals surface area contributed by atoms with E-state index in [2.05, 4.69) is 0 Å². The van der Waals surface area contributed by atoms with E-state index in [0.717, 1.165) is 0 Å². The van der Waals surface area contributed by atoms with Gasteiger partial charge in [0, 0.05) is 23.8 Å². The van der Waals surface area contributed by atoms with Crippen LogP contribution in [0.5, 0.6) is 0 Å². The van der Waals surface area contributed by atoms with Gasteiger partial charge in [-0.25, -0.2) is 4.39 Å². The lowest BCUT2D eigenvalue weighted by Crippen LogP contribution is -2.69. The number of hydrogen-bond acceptors (Lipinski definition) is 7. The van der Waals surface area contributed by atoms with Crippen molar-refractivity contribution in [3.05, 3.63) is 35.6 Å². The Kier molecular flexibility index (Phi) is 4.98. The number of halogens is 1. The molecule has 0 heterocycles. The van der Waals surface area contributed by atoms with Gasteiger partial charge in [0.25, 0.3) is 0 Å². The van der Waals surface area contributed by atoms with Crippen molar-refractivity contribution in [2.45, 2.75) is 57.9 Å². The number of carbonyl (C=O) groups excluding carboxylic acids is 3. The summed E-state index contributed by atoms with van der Waals surface area (Å²) in [5.41, 5.74) is -6.75. The molecule has 7 nitrogen and oxygen atoms in total. The van der Waals surface area contributed by atoms with Gasteiger partial charge in [-0.15, -0.1) is 0 Å². The first kappa shape index (κ1) is 23.0. The van der Waals surface area contributed by atoms with E-state index in [1.165, 1.54) is 31.2 Å². The van der Waals surface area contributed by atoms with E-state index in [-0.39, 0.29) is 30.0 Å². The monoisotopic (exact) mass is 448 g/mol. The highest BCUT2D eigenvalue weighted by Crippen LogP contribution is 2.70. The molecule has 2 unspecified atom stereocenters. The second-order valence-corrected chi connectivity index (χ2v) is 10.1. The Morgan fingerprint density at radius 2 is 1.97 bits per heavy atom. The van der Waals surface area contributed by atoms with Gasteiger partial charge < -0.3 is 20.1 Å². The Labute approximate surface area is 185 Å². The second kappa shape index (κ2) is 6.92. The van der Waals surface area contributed by atoms with Crippen molar-refractivity contribution in [2.24, 2.45) is 28.6 Å². The summed E-state index contributed by atoms with van der Waals surface area (Å²) >= 11 is 0. The summed E-state index contributed by atoms with van der Waals surface area (Å²) in [6, 6.07) is 0. The number of aliphatic hydroxyl groups is 3. The van der Waals surface area contributed by atoms with E-state index >= 15 is 4.39 Å². The molecule has 0 saturated heterocycles. The second-order valence-electron chi connectivity index (χ2n) is 10.1. The minimum absolute atomic E-state index is 0.0454. The summed E-state index contributed by atoms with van der Waals surface area (Å²) in [6.07, 6.45) is 3.75. The van der Waals surface area contributed by atoms with E-state index in [9.17, 15) is 29.7 Å². The minimum Gasteiger partial charge on any atom is -0.427 e. The fourth-order valence-electron chi connectivity index (χ4n) is 7.05. The van der Waals surface area contributed by atoms with Gasteiger partial charge in [-0.3, -0.25) is 14.4 Å². The molecule has 2 saturated carbocycles. The molecule has 3 N–H and O–H groups in total. The lowest BCUT2D eigenvalue weighted by Gasteiger charge is -2.61. The van der Waals surface area contributed by atoms with Crippen LogP contribution in [0.1, 0.15) is 40.5 Å². The molecule has 0 aromatic rings. The third-order valence-electron chi connectivity index (χ3n) is 8.67. The molecule has 8 atom stereocenters. The Balaban J connectivity index is 1.96. The lowest BCUT2D eigenvalue weighted by atomic mass is 9.46. The number of alkyl halides is 1. The van der Waals surface area contributed by atoms with Crippen LogP contribution in [0.15, 0.2) is 35.6 Å². The molecule has 0 aromatic carbocycles. The third-order valence-corrected chi connectivity index (χ3v) is 8.67. The van der Waals surface area contributed by atoms with Gasteiger partial charge in [0.05, 0.1) is 11.5 Å². The molecule has 32 heavy (non-hydrogen) atoms. The van der Waals surface area contributed by atoms with Gasteiger partial charge in [-0.2, -0.15) is 0 Å². The number of aliphatic hydroxyl groups excluding tert-OH is 2. The van der Waals surface area contributed by atoms with Gasteiger partial charge in [0.1, 0.15) is 18.0 Å². The summed E-state index contributed by atoms with van der Waals surface area (Å²) in [5.74, 6) is -3.95. The fraction of sp³-hybridized carbons (Fsp3) is 0.625. The van der Waals surface area contributed by atoms with Crippen LogP contribution < -0.4 is 0 Å². The zero-order chi connectivity index (χ0) is 23.9. The highest BCUT2D eigenvalue weighted by Gasteiger charge is 2.75. The Bertz CT molecular complexity index is 998. The quantitative estimate of drug-likeness (QED) is 0.560. The lowest BCUT2D eigenvalue weighted by molar-refractivity contribution is -0.206. The summed E-state index contributed by atoms with van der Waals surface area (Å²) < 4.78 is 22.6. The third kappa shape index (κ3) is 2.54. The van der Waals surface area contributed by atoms with Crippen LogP contribution in [0.4, 0.5) is 4.39 Å². The minimum atomic E-state index is -2.28. The average molecular weight is 448 g/mol. The molecule has 4 rings (SSSR count). The summed E-state index contributed by atoms with van der Waals surface area (Å²) in [5, 5.41) is 32.3. The molecule has 0 radical (unpaired) electrons. The van der Waals surface area contributed by atoms with Crippen LogP contribution in [-0.4, -0.2) is 56.8 Å². The number of ketones is 2. The Hall–Kier alpha value is -2.16. The maximum Gasteiger partial charge on any atom is 0.308 e. The summed E-state index contributed by atoms with van der Waals surface area (Å²) in [4.78, 5) is 36.6.